The molecule has 0 aliphatic heterocycles. The van der Waals surface area contributed by atoms with Crippen LogP contribution in [-0.4, -0.2) is 20.6 Å². The van der Waals surface area contributed by atoms with Crippen LogP contribution in [0, 0.1) is 0 Å². The molecule has 2 aromatic heterocycles. The van der Waals surface area contributed by atoms with E-state index in [1.165, 1.54) is 11.1 Å². The van der Waals surface area contributed by atoms with Gasteiger partial charge in [0.05, 0.1) is 16.6 Å². The molecule has 0 radical (unpaired) electrons. The molecule has 4 aromatic rings. The molecule has 0 amide bonds. The van der Waals surface area contributed by atoms with Crippen LogP contribution in [0.4, 0.5) is 0 Å². The lowest BCUT2D eigenvalue weighted by Gasteiger charge is -2.10. The summed E-state index contributed by atoms with van der Waals surface area (Å²) in [5.74, 6) is 0.216. The van der Waals surface area contributed by atoms with Crippen molar-refractivity contribution in [3.63, 3.8) is 0 Å². The van der Waals surface area contributed by atoms with Crippen LogP contribution in [0.15, 0.2) is 59.3 Å². The molecule has 0 saturated heterocycles. The second kappa shape index (κ2) is 7.37. The number of aryl methyl sites for hydroxylation is 1. The molecule has 0 spiro atoms. The van der Waals surface area contributed by atoms with Gasteiger partial charge in [-0.3, -0.25) is 0 Å². The molecule has 5 heteroatoms. The van der Waals surface area contributed by atoms with Crippen molar-refractivity contribution in [1.82, 2.24) is 9.55 Å². The van der Waals surface area contributed by atoms with E-state index in [1.54, 1.807) is 23.5 Å². The Balaban J connectivity index is 1.65. The summed E-state index contributed by atoms with van der Waals surface area (Å²) in [6, 6.07) is 15.2. The largest absolute Gasteiger partial charge is 0.478 e. The van der Waals surface area contributed by atoms with Gasteiger partial charge in [0.2, 0.25) is 0 Å². The monoisotopic (exact) mass is 376 g/mol. The lowest BCUT2D eigenvalue weighted by molar-refractivity contribution is 0.0697. The van der Waals surface area contributed by atoms with Gasteiger partial charge >= 0.3 is 5.97 Å². The Morgan fingerprint density at radius 1 is 1.11 bits per heavy atom. The molecule has 0 unspecified atom stereocenters. The van der Waals surface area contributed by atoms with Gasteiger partial charge in [0.25, 0.3) is 0 Å². The molecule has 1 N–H and O–H groups in total. The van der Waals surface area contributed by atoms with Crippen LogP contribution in [0.1, 0.15) is 35.1 Å². The number of carboxylic acids is 1. The van der Waals surface area contributed by atoms with Gasteiger partial charge in [0.15, 0.2) is 0 Å². The van der Waals surface area contributed by atoms with Gasteiger partial charge in [-0.2, -0.15) is 0 Å². The minimum Gasteiger partial charge on any atom is -0.478 e. The number of benzene rings is 2. The lowest BCUT2D eigenvalue weighted by Crippen LogP contribution is -2.05. The minimum atomic E-state index is -0.905. The zero-order valence-corrected chi connectivity index (χ0v) is 15.9. The van der Waals surface area contributed by atoms with E-state index in [0.29, 0.717) is 5.56 Å². The molecule has 0 bridgehead atoms. The molecule has 0 aliphatic carbocycles. The lowest BCUT2D eigenvalue weighted by atomic mass is 9.99. The number of hydrogen-bond acceptors (Lipinski definition) is 3. The van der Waals surface area contributed by atoms with Crippen molar-refractivity contribution in [3.8, 4) is 11.1 Å². The van der Waals surface area contributed by atoms with Gasteiger partial charge in [0.1, 0.15) is 5.82 Å². The van der Waals surface area contributed by atoms with E-state index >= 15 is 0 Å². The zero-order chi connectivity index (χ0) is 18.8. The first-order valence-corrected chi connectivity index (χ1v) is 9.94. The van der Waals surface area contributed by atoms with Crippen LogP contribution in [0.25, 0.3) is 22.2 Å². The maximum absolute atomic E-state index is 11.5. The summed E-state index contributed by atoms with van der Waals surface area (Å²) < 4.78 is 2.29. The standard InChI is InChI=1S/C22H20N2O2S/c1-2-5-21-23-19-13-27-14-20(19)24(21)12-15-8-10-16(11-9-15)17-6-3-4-7-18(17)22(25)26/h3-4,6-11,13-14H,2,5,12H2,1H3,(H,25,26). The normalized spacial score (nSPS) is 11.1. The Morgan fingerprint density at radius 2 is 1.89 bits per heavy atom. The average molecular weight is 376 g/mol. The highest BCUT2D eigenvalue weighted by atomic mass is 32.1. The second-order valence-electron chi connectivity index (χ2n) is 6.55. The summed E-state index contributed by atoms with van der Waals surface area (Å²) in [5.41, 5.74) is 5.40. The van der Waals surface area contributed by atoms with E-state index in [1.807, 2.05) is 24.3 Å². The second-order valence-corrected chi connectivity index (χ2v) is 7.30. The molecular weight excluding hydrogens is 356 g/mol. The molecule has 0 fully saturated rings. The molecular formula is C22H20N2O2S. The summed E-state index contributed by atoms with van der Waals surface area (Å²) in [6.45, 7) is 2.93. The summed E-state index contributed by atoms with van der Waals surface area (Å²) in [5, 5.41) is 13.7. The molecule has 2 aromatic carbocycles. The SMILES string of the molecule is CCCc1nc2cscc2n1Cc1ccc(-c2ccccc2C(=O)O)cc1. The van der Waals surface area contributed by atoms with Gasteiger partial charge in [-0.1, -0.05) is 49.4 Å². The van der Waals surface area contributed by atoms with Crippen LogP contribution < -0.4 is 0 Å². The van der Waals surface area contributed by atoms with Crippen LogP contribution in [0.3, 0.4) is 0 Å². The Morgan fingerprint density at radius 3 is 2.63 bits per heavy atom. The Hall–Kier alpha value is -2.92. The smallest absolute Gasteiger partial charge is 0.336 e. The van der Waals surface area contributed by atoms with E-state index in [0.717, 1.165) is 41.9 Å². The fourth-order valence-corrected chi connectivity index (χ4v) is 4.14. The van der Waals surface area contributed by atoms with Crippen molar-refractivity contribution >= 4 is 28.3 Å². The summed E-state index contributed by atoms with van der Waals surface area (Å²) in [4.78, 5) is 16.2. The fourth-order valence-electron chi connectivity index (χ4n) is 3.39. The third-order valence-electron chi connectivity index (χ3n) is 4.71. The van der Waals surface area contributed by atoms with E-state index in [-0.39, 0.29) is 0 Å². The van der Waals surface area contributed by atoms with Crippen molar-refractivity contribution in [2.24, 2.45) is 0 Å². The average Bonchev–Trinajstić information content (AvgIpc) is 3.25. The highest BCUT2D eigenvalue weighted by molar-refractivity contribution is 7.09. The van der Waals surface area contributed by atoms with Crippen molar-refractivity contribution in [2.75, 3.05) is 0 Å². The topological polar surface area (TPSA) is 55.1 Å². The number of aromatic carboxylic acids is 1. The predicted octanol–water partition coefficient (Wildman–Crippen LogP) is 5.46. The summed E-state index contributed by atoms with van der Waals surface area (Å²) in [7, 11) is 0. The minimum absolute atomic E-state index is 0.324. The van der Waals surface area contributed by atoms with Crippen molar-refractivity contribution < 1.29 is 9.90 Å². The van der Waals surface area contributed by atoms with E-state index in [9.17, 15) is 9.90 Å². The highest BCUT2D eigenvalue weighted by Crippen LogP contribution is 2.26. The number of rotatable bonds is 6. The number of carbonyl (C=O) groups is 1. The van der Waals surface area contributed by atoms with Crippen LogP contribution in [0.5, 0.6) is 0 Å². The third kappa shape index (κ3) is 3.38. The maximum atomic E-state index is 11.5. The molecule has 2 heterocycles. The van der Waals surface area contributed by atoms with Gasteiger partial charge in [0, 0.05) is 23.7 Å². The number of imidazole rings is 1. The zero-order valence-electron chi connectivity index (χ0n) is 15.1. The van der Waals surface area contributed by atoms with Crippen LogP contribution in [-0.2, 0) is 13.0 Å². The summed E-state index contributed by atoms with van der Waals surface area (Å²) >= 11 is 1.68. The number of fused-ring (bicyclic) bond motifs is 1. The number of thiophene rings is 1. The third-order valence-corrected chi connectivity index (χ3v) is 5.43. The molecule has 4 nitrogen and oxygen atoms in total. The van der Waals surface area contributed by atoms with Gasteiger partial charge in [-0.15, -0.1) is 11.3 Å². The van der Waals surface area contributed by atoms with Crippen molar-refractivity contribution in [1.29, 1.82) is 0 Å². The van der Waals surface area contributed by atoms with E-state index in [2.05, 4.69) is 34.4 Å². The van der Waals surface area contributed by atoms with Crippen LogP contribution >= 0.6 is 11.3 Å². The van der Waals surface area contributed by atoms with E-state index < -0.39 is 5.97 Å². The van der Waals surface area contributed by atoms with Gasteiger partial charge in [-0.25, -0.2) is 9.78 Å². The molecule has 4 rings (SSSR count). The number of nitrogens with zero attached hydrogens (tertiary/aromatic N) is 2. The van der Waals surface area contributed by atoms with E-state index in [4.69, 9.17) is 4.98 Å². The molecule has 136 valence electrons. The number of carboxylic acid groups (broad SMARTS) is 1. The van der Waals surface area contributed by atoms with Gasteiger partial charge in [-0.05, 0) is 29.2 Å². The molecule has 0 atom stereocenters. The van der Waals surface area contributed by atoms with Gasteiger partial charge < -0.3 is 9.67 Å². The van der Waals surface area contributed by atoms with Crippen molar-refractivity contribution in [2.45, 2.75) is 26.3 Å². The fraction of sp³-hybridized carbons (Fsp3) is 0.182. The maximum Gasteiger partial charge on any atom is 0.336 e. The van der Waals surface area contributed by atoms with Crippen molar-refractivity contribution in [3.05, 3.63) is 76.2 Å². The highest BCUT2D eigenvalue weighted by Gasteiger charge is 2.13. The Kier molecular flexibility index (Phi) is 4.77. The molecule has 0 saturated carbocycles. The molecule has 27 heavy (non-hydrogen) atoms. The Labute approximate surface area is 161 Å². The first kappa shape index (κ1) is 17.5. The molecule has 0 aliphatic rings. The first-order valence-electron chi connectivity index (χ1n) is 9.00. The Bertz CT molecular complexity index is 1090. The number of aromatic nitrogens is 2. The quantitative estimate of drug-likeness (QED) is 0.486. The summed E-state index contributed by atoms with van der Waals surface area (Å²) in [6.07, 6.45) is 2.03. The first-order chi connectivity index (χ1) is 13.2. The predicted molar refractivity (Wildman–Crippen MR) is 110 cm³/mol. The van der Waals surface area contributed by atoms with Crippen LogP contribution in [0.2, 0.25) is 0 Å². The number of hydrogen-bond donors (Lipinski definition) is 1.